The molecule has 2 atom stereocenters. The number of hydrogen-bond donors (Lipinski definition) is 1. The summed E-state index contributed by atoms with van der Waals surface area (Å²) in [4.78, 5) is 14.4. The van der Waals surface area contributed by atoms with E-state index in [4.69, 9.17) is 15.2 Å². The topological polar surface area (TPSA) is 64.8 Å². The maximum Gasteiger partial charge on any atom is 0.239 e. The van der Waals surface area contributed by atoms with Crippen LogP contribution in [0.15, 0.2) is 24.3 Å². The Bertz CT molecular complexity index is 548. The molecule has 0 spiro atoms. The molecule has 1 aromatic rings. The van der Waals surface area contributed by atoms with Crippen molar-refractivity contribution in [1.29, 1.82) is 0 Å². The molecular formula is C17H23FN2O3. The minimum Gasteiger partial charge on any atom is -0.381 e. The highest BCUT2D eigenvalue weighted by molar-refractivity contribution is 5.82. The van der Waals surface area contributed by atoms with E-state index in [0.29, 0.717) is 32.9 Å². The lowest BCUT2D eigenvalue weighted by molar-refractivity contribution is -0.142. The Morgan fingerprint density at radius 3 is 2.83 bits per heavy atom. The molecule has 0 bridgehead atoms. The standard InChI is InChI=1S/C17H23FN2O3/c18-14-3-1-2-13(10-14)15-11-20(6-9-23-15)17(21)16(19)12-4-7-22-8-5-12/h1-3,10,12,15-16H,4-9,11,19H2. The molecule has 0 radical (unpaired) electrons. The van der Waals surface area contributed by atoms with Gasteiger partial charge in [-0.3, -0.25) is 4.79 Å². The van der Waals surface area contributed by atoms with Crippen LogP contribution in [0.3, 0.4) is 0 Å². The number of hydrogen-bond acceptors (Lipinski definition) is 4. The van der Waals surface area contributed by atoms with Crippen molar-refractivity contribution < 1.29 is 18.7 Å². The van der Waals surface area contributed by atoms with Crippen LogP contribution < -0.4 is 5.73 Å². The van der Waals surface area contributed by atoms with Gasteiger partial charge in [-0.2, -0.15) is 0 Å². The Morgan fingerprint density at radius 2 is 2.09 bits per heavy atom. The highest BCUT2D eigenvalue weighted by Crippen LogP contribution is 2.25. The first kappa shape index (κ1) is 16.4. The maximum atomic E-state index is 13.4. The molecule has 3 rings (SSSR count). The Kier molecular flexibility index (Phi) is 5.25. The second kappa shape index (κ2) is 7.38. The van der Waals surface area contributed by atoms with E-state index >= 15 is 0 Å². The molecule has 0 aliphatic carbocycles. The van der Waals surface area contributed by atoms with Gasteiger partial charge in [0.2, 0.25) is 5.91 Å². The van der Waals surface area contributed by atoms with Crippen molar-refractivity contribution in [2.75, 3.05) is 32.9 Å². The third-order valence-corrected chi connectivity index (χ3v) is 4.66. The van der Waals surface area contributed by atoms with E-state index in [2.05, 4.69) is 0 Å². The van der Waals surface area contributed by atoms with E-state index in [9.17, 15) is 9.18 Å². The second-order valence-electron chi connectivity index (χ2n) is 6.17. The molecule has 6 heteroatoms. The number of ether oxygens (including phenoxy) is 2. The minimum absolute atomic E-state index is 0.0402. The summed E-state index contributed by atoms with van der Waals surface area (Å²) in [6.07, 6.45) is 1.35. The molecule has 23 heavy (non-hydrogen) atoms. The van der Waals surface area contributed by atoms with Gasteiger partial charge >= 0.3 is 0 Å². The van der Waals surface area contributed by atoms with Gasteiger partial charge in [0.05, 0.1) is 19.2 Å². The van der Waals surface area contributed by atoms with Crippen LogP contribution in [0.25, 0.3) is 0 Å². The number of nitrogens with zero attached hydrogens (tertiary/aromatic N) is 1. The van der Waals surface area contributed by atoms with Crippen molar-refractivity contribution in [3.05, 3.63) is 35.6 Å². The molecular weight excluding hydrogens is 299 g/mol. The smallest absolute Gasteiger partial charge is 0.239 e. The Hall–Kier alpha value is -1.50. The van der Waals surface area contributed by atoms with Crippen molar-refractivity contribution in [3.8, 4) is 0 Å². The summed E-state index contributed by atoms with van der Waals surface area (Å²) in [6.45, 7) is 2.72. The van der Waals surface area contributed by atoms with Crippen molar-refractivity contribution in [2.45, 2.75) is 25.0 Å². The van der Waals surface area contributed by atoms with Crippen LogP contribution in [0.1, 0.15) is 24.5 Å². The Morgan fingerprint density at radius 1 is 1.30 bits per heavy atom. The molecule has 2 unspecified atom stereocenters. The third kappa shape index (κ3) is 3.88. The zero-order valence-corrected chi connectivity index (χ0v) is 13.1. The summed E-state index contributed by atoms with van der Waals surface area (Å²) in [5.41, 5.74) is 6.94. The van der Waals surface area contributed by atoms with Gasteiger partial charge in [0.25, 0.3) is 0 Å². The number of halogens is 1. The zero-order valence-electron chi connectivity index (χ0n) is 13.1. The van der Waals surface area contributed by atoms with Gasteiger partial charge in [-0.25, -0.2) is 4.39 Å². The van der Waals surface area contributed by atoms with Crippen LogP contribution >= 0.6 is 0 Å². The third-order valence-electron chi connectivity index (χ3n) is 4.66. The largest absolute Gasteiger partial charge is 0.381 e. The van der Waals surface area contributed by atoms with Crippen LogP contribution in [0.4, 0.5) is 4.39 Å². The van der Waals surface area contributed by atoms with Crippen LogP contribution in [0.2, 0.25) is 0 Å². The van der Waals surface area contributed by atoms with Crippen LogP contribution in [0.5, 0.6) is 0 Å². The number of carbonyl (C=O) groups excluding carboxylic acids is 1. The van der Waals surface area contributed by atoms with Crippen molar-refractivity contribution in [3.63, 3.8) is 0 Å². The zero-order chi connectivity index (χ0) is 16.2. The van der Waals surface area contributed by atoms with E-state index in [1.807, 2.05) is 6.07 Å². The van der Waals surface area contributed by atoms with Gasteiger partial charge < -0.3 is 20.1 Å². The van der Waals surface area contributed by atoms with E-state index in [1.165, 1.54) is 12.1 Å². The Labute approximate surface area is 135 Å². The predicted molar refractivity (Wildman–Crippen MR) is 83.2 cm³/mol. The van der Waals surface area contributed by atoms with Crippen LogP contribution in [-0.4, -0.2) is 49.8 Å². The molecule has 2 heterocycles. The fourth-order valence-electron chi connectivity index (χ4n) is 3.25. The van der Waals surface area contributed by atoms with Crippen molar-refractivity contribution >= 4 is 5.91 Å². The molecule has 0 aromatic heterocycles. The molecule has 2 N–H and O–H groups in total. The summed E-state index contributed by atoms with van der Waals surface area (Å²) in [7, 11) is 0. The van der Waals surface area contributed by atoms with Crippen LogP contribution in [0, 0.1) is 11.7 Å². The lowest BCUT2D eigenvalue weighted by Gasteiger charge is -2.36. The lowest BCUT2D eigenvalue weighted by atomic mass is 9.91. The number of amides is 1. The van der Waals surface area contributed by atoms with Crippen LogP contribution in [-0.2, 0) is 14.3 Å². The number of benzene rings is 1. The van der Waals surface area contributed by atoms with Gasteiger partial charge in [0.15, 0.2) is 0 Å². The first-order valence-electron chi connectivity index (χ1n) is 8.14. The number of carbonyl (C=O) groups is 1. The summed E-state index contributed by atoms with van der Waals surface area (Å²) < 4.78 is 24.4. The summed E-state index contributed by atoms with van der Waals surface area (Å²) in [6, 6.07) is 5.83. The normalized spacial score (nSPS) is 24.4. The van der Waals surface area contributed by atoms with Crippen molar-refractivity contribution in [2.24, 2.45) is 11.7 Å². The second-order valence-corrected chi connectivity index (χ2v) is 6.17. The molecule has 1 amide bonds. The minimum atomic E-state index is -0.495. The molecule has 126 valence electrons. The van der Waals surface area contributed by atoms with Gasteiger partial charge in [0.1, 0.15) is 11.9 Å². The molecule has 0 saturated carbocycles. The number of rotatable bonds is 3. The number of morpholine rings is 1. The van der Waals surface area contributed by atoms with Gasteiger partial charge in [0, 0.05) is 19.8 Å². The molecule has 1 aromatic carbocycles. The van der Waals surface area contributed by atoms with E-state index < -0.39 is 6.04 Å². The summed E-state index contributed by atoms with van der Waals surface area (Å²) in [5, 5.41) is 0. The van der Waals surface area contributed by atoms with E-state index in [0.717, 1.165) is 18.4 Å². The van der Waals surface area contributed by atoms with Gasteiger partial charge in [-0.05, 0) is 36.5 Å². The maximum absolute atomic E-state index is 13.4. The predicted octanol–water partition coefficient (Wildman–Crippen LogP) is 1.48. The quantitative estimate of drug-likeness (QED) is 0.915. The monoisotopic (exact) mass is 322 g/mol. The highest BCUT2D eigenvalue weighted by Gasteiger charge is 2.33. The first-order chi connectivity index (χ1) is 11.1. The molecule has 2 aliphatic rings. The highest BCUT2D eigenvalue weighted by atomic mass is 19.1. The summed E-state index contributed by atoms with van der Waals surface area (Å²) >= 11 is 0. The van der Waals surface area contributed by atoms with Gasteiger partial charge in [-0.1, -0.05) is 12.1 Å². The van der Waals surface area contributed by atoms with Crippen molar-refractivity contribution in [1.82, 2.24) is 4.90 Å². The lowest BCUT2D eigenvalue weighted by Crippen LogP contribution is -2.52. The molecule has 5 nitrogen and oxygen atoms in total. The average Bonchev–Trinajstić information content (AvgIpc) is 2.61. The Balaban J connectivity index is 1.64. The SMILES string of the molecule is NC(C(=O)N1CCOC(c2cccc(F)c2)C1)C1CCOCC1. The van der Waals surface area contributed by atoms with E-state index in [-0.39, 0.29) is 23.7 Å². The summed E-state index contributed by atoms with van der Waals surface area (Å²) in [5.74, 6) is -0.165. The molecule has 2 aliphatic heterocycles. The fraction of sp³-hybridized carbons (Fsp3) is 0.588. The fourth-order valence-corrected chi connectivity index (χ4v) is 3.25. The van der Waals surface area contributed by atoms with Gasteiger partial charge in [-0.15, -0.1) is 0 Å². The molecule has 2 saturated heterocycles. The molecule has 2 fully saturated rings. The average molecular weight is 322 g/mol. The number of nitrogens with two attached hydrogens (primary N) is 1. The van der Waals surface area contributed by atoms with E-state index in [1.54, 1.807) is 11.0 Å². The first-order valence-corrected chi connectivity index (χ1v) is 8.14.